The lowest BCUT2D eigenvalue weighted by Crippen LogP contribution is -2.00. The van der Waals surface area contributed by atoms with E-state index in [1.807, 2.05) is 48.5 Å². The molecule has 5 nitrogen and oxygen atoms in total. The predicted molar refractivity (Wildman–Crippen MR) is 218 cm³/mol. The van der Waals surface area contributed by atoms with E-state index in [0.29, 0.717) is 17.5 Å². The van der Waals surface area contributed by atoms with Crippen LogP contribution in [-0.4, -0.2) is 15.0 Å². The molecule has 0 amide bonds. The highest BCUT2D eigenvalue weighted by Gasteiger charge is 2.24. The summed E-state index contributed by atoms with van der Waals surface area (Å²) in [5.74, 6) is 1.81. The minimum atomic E-state index is 0.594. The van der Waals surface area contributed by atoms with Crippen molar-refractivity contribution in [1.29, 1.82) is 0 Å². The van der Waals surface area contributed by atoms with Crippen LogP contribution in [0.15, 0.2) is 173 Å². The fourth-order valence-corrected chi connectivity index (χ4v) is 8.48. The van der Waals surface area contributed by atoms with Gasteiger partial charge in [-0.1, -0.05) is 127 Å². The minimum absolute atomic E-state index is 0.594. The molecule has 0 radical (unpaired) electrons. The standard InChI is InChI=1S/C49H27N3O2/c1-2-12-34-33(11-1)35-16-7-10-30-26-31(27-39(34)44(30)35)48-50-47(51-49(52-48)38-17-9-21-43-46(38)37-14-4-6-19-41(37)54-43)29-24-22-28(23-25-29)32-15-8-20-42-45(32)36-13-3-5-18-40(36)53-42/h1-27H. The first-order valence-corrected chi connectivity index (χ1v) is 18.1. The molecule has 0 saturated heterocycles. The van der Waals surface area contributed by atoms with E-state index < -0.39 is 0 Å². The lowest BCUT2D eigenvalue weighted by molar-refractivity contribution is 0.668. The number of hydrogen-bond acceptors (Lipinski definition) is 5. The van der Waals surface area contributed by atoms with Gasteiger partial charge in [0.2, 0.25) is 0 Å². The molecular weight excluding hydrogens is 663 g/mol. The number of rotatable bonds is 4. The summed E-state index contributed by atoms with van der Waals surface area (Å²) in [6.07, 6.45) is 0. The molecule has 54 heavy (non-hydrogen) atoms. The summed E-state index contributed by atoms with van der Waals surface area (Å²) < 4.78 is 12.5. The molecular formula is C49H27N3O2. The predicted octanol–water partition coefficient (Wildman–Crippen LogP) is 13.1. The van der Waals surface area contributed by atoms with Gasteiger partial charge in [0.05, 0.1) is 0 Å². The number of fused-ring (bicyclic) bond motifs is 9. The fourth-order valence-electron chi connectivity index (χ4n) is 8.48. The molecule has 1 aliphatic rings. The van der Waals surface area contributed by atoms with Gasteiger partial charge >= 0.3 is 0 Å². The average molecular weight is 690 g/mol. The lowest BCUT2D eigenvalue weighted by atomic mass is 9.98. The summed E-state index contributed by atoms with van der Waals surface area (Å²) in [5, 5.41) is 6.66. The number of aromatic nitrogens is 3. The van der Waals surface area contributed by atoms with Crippen molar-refractivity contribution in [3.05, 3.63) is 164 Å². The minimum Gasteiger partial charge on any atom is -0.456 e. The van der Waals surface area contributed by atoms with Gasteiger partial charge in [-0.2, -0.15) is 0 Å². The van der Waals surface area contributed by atoms with Gasteiger partial charge in [-0.25, -0.2) is 15.0 Å². The Labute approximate surface area is 308 Å². The molecule has 11 aromatic rings. The topological polar surface area (TPSA) is 65.0 Å². The molecule has 0 aliphatic heterocycles. The van der Waals surface area contributed by atoms with Crippen molar-refractivity contribution in [3.63, 3.8) is 0 Å². The van der Waals surface area contributed by atoms with Crippen LogP contribution >= 0.6 is 0 Å². The third kappa shape index (κ3) is 4.24. The Morgan fingerprint density at radius 1 is 0.296 bits per heavy atom. The Morgan fingerprint density at radius 2 is 0.796 bits per heavy atom. The summed E-state index contributed by atoms with van der Waals surface area (Å²) in [6, 6.07) is 56.8. The van der Waals surface area contributed by atoms with Crippen molar-refractivity contribution >= 4 is 54.6 Å². The fraction of sp³-hybridized carbons (Fsp3) is 0. The van der Waals surface area contributed by atoms with Crippen LogP contribution in [0.2, 0.25) is 0 Å². The zero-order valence-corrected chi connectivity index (χ0v) is 28.7. The Bertz CT molecular complexity index is 3340. The van der Waals surface area contributed by atoms with E-state index in [1.54, 1.807) is 0 Å². The van der Waals surface area contributed by atoms with E-state index in [9.17, 15) is 0 Å². The maximum atomic E-state index is 6.29. The zero-order valence-electron chi connectivity index (χ0n) is 28.7. The molecule has 0 unspecified atom stereocenters. The summed E-state index contributed by atoms with van der Waals surface area (Å²) >= 11 is 0. The van der Waals surface area contributed by atoms with E-state index >= 15 is 0 Å². The van der Waals surface area contributed by atoms with Crippen LogP contribution in [0.25, 0.3) is 122 Å². The molecule has 0 bridgehead atoms. The first-order valence-electron chi connectivity index (χ1n) is 18.1. The molecule has 0 saturated carbocycles. The second-order valence-corrected chi connectivity index (χ2v) is 13.9. The normalized spacial score (nSPS) is 12.1. The van der Waals surface area contributed by atoms with Gasteiger partial charge < -0.3 is 8.83 Å². The molecule has 250 valence electrons. The molecule has 0 N–H and O–H groups in total. The van der Waals surface area contributed by atoms with E-state index in [2.05, 4.69) is 115 Å². The van der Waals surface area contributed by atoms with Crippen molar-refractivity contribution in [2.24, 2.45) is 0 Å². The van der Waals surface area contributed by atoms with Gasteiger partial charge in [0.1, 0.15) is 22.3 Å². The summed E-state index contributed by atoms with van der Waals surface area (Å²) in [4.78, 5) is 15.6. The molecule has 3 heterocycles. The largest absolute Gasteiger partial charge is 0.456 e. The molecule has 8 aromatic carbocycles. The number of furan rings is 2. The van der Waals surface area contributed by atoms with Crippen LogP contribution in [0.1, 0.15) is 0 Å². The van der Waals surface area contributed by atoms with Crippen LogP contribution in [0.4, 0.5) is 0 Å². The van der Waals surface area contributed by atoms with E-state index in [4.69, 9.17) is 23.8 Å². The van der Waals surface area contributed by atoms with E-state index in [1.165, 1.54) is 27.6 Å². The molecule has 0 spiro atoms. The summed E-state index contributed by atoms with van der Waals surface area (Å²) in [6.45, 7) is 0. The highest BCUT2D eigenvalue weighted by molar-refractivity contribution is 6.17. The van der Waals surface area contributed by atoms with Crippen LogP contribution in [0.5, 0.6) is 0 Å². The van der Waals surface area contributed by atoms with Gasteiger partial charge in [0.25, 0.3) is 0 Å². The monoisotopic (exact) mass is 689 g/mol. The van der Waals surface area contributed by atoms with Crippen molar-refractivity contribution < 1.29 is 8.83 Å². The van der Waals surface area contributed by atoms with Crippen molar-refractivity contribution in [1.82, 2.24) is 15.0 Å². The van der Waals surface area contributed by atoms with Crippen molar-refractivity contribution in [2.45, 2.75) is 0 Å². The number of hydrogen-bond donors (Lipinski definition) is 0. The Morgan fingerprint density at radius 3 is 1.52 bits per heavy atom. The third-order valence-corrected chi connectivity index (χ3v) is 10.9. The van der Waals surface area contributed by atoms with E-state index in [0.717, 1.165) is 77.1 Å². The van der Waals surface area contributed by atoms with Gasteiger partial charge in [0.15, 0.2) is 17.5 Å². The number of nitrogens with zero attached hydrogens (tertiary/aromatic N) is 3. The summed E-state index contributed by atoms with van der Waals surface area (Å²) in [7, 11) is 0. The van der Waals surface area contributed by atoms with Crippen molar-refractivity contribution in [2.75, 3.05) is 0 Å². The lowest BCUT2D eigenvalue weighted by Gasteiger charge is -2.12. The average Bonchev–Trinajstić information content (AvgIpc) is 3.91. The highest BCUT2D eigenvalue weighted by atomic mass is 16.3. The molecule has 5 heteroatoms. The molecule has 0 fully saturated rings. The van der Waals surface area contributed by atoms with Gasteiger partial charge in [-0.15, -0.1) is 0 Å². The maximum absolute atomic E-state index is 6.29. The van der Waals surface area contributed by atoms with Gasteiger partial charge in [0, 0.05) is 38.2 Å². The van der Waals surface area contributed by atoms with Gasteiger partial charge in [-0.3, -0.25) is 0 Å². The maximum Gasteiger partial charge on any atom is 0.164 e. The molecule has 1 aliphatic carbocycles. The zero-order chi connectivity index (χ0) is 35.3. The third-order valence-electron chi connectivity index (χ3n) is 10.9. The van der Waals surface area contributed by atoms with Gasteiger partial charge in [-0.05, 0) is 80.6 Å². The first-order chi connectivity index (χ1) is 26.7. The smallest absolute Gasteiger partial charge is 0.164 e. The highest BCUT2D eigenvalue weighted by Crippen LogP contribution is 2.48. The number of para-hydroxylation sites is 2. The van der Waals surface area contributed by atoms with Crippen LogP contribution in [0.3, 0.4) is 0 Å². The molecule has 3 aromatic heterocycles. The second kappa shape index (κ2) is 11.1. The molecule has 0 atom stereocenters. The Kier molecular flexibility index (Phi) is 5.99. The SMILES string of the molecule is c1ccc2c(c1)-c1cccc3cc(-c4nc(-c5ccc(-c6cccc7oc8ccccc8c67)cc5)nc(-c5cccc6oc7ccccc7c56)n4)cc-2c13. The van der Waals surface area contributed by atoms with Crippen LogP contribution < -0.4 is 0 Å². The van der Waals surface area contributed by atoms with Crippen molar-refractivity contribution in [3.8, 4) is 67.5 Å². The summed E-state index contributed by atoms with van der Waals surface area (Å²) in [5.41, 5.74) is 13.3. The molecule has 12 rings (SSSR count). The second-order valence-electron chi connectivity index (χ2n) is 13.9. The van der Waals surface area contributed by atoms with E-state index in [-0.39, 0.29) is 0 Å². The first kappa shape index (κ1) is 29.2. The Balaban J connectivity index is 1.07. The van der Waals surface area contributed by atoms with Crippen LogP contribution in [0, 0.1) is 0 Å². The van der Waals surface area contributed by atoms with Crippen LogP contribution in [-0.2, 0) is 0 Å². The quantitative estimate of drug-likeness (QED) is 0.184. The number of benzene rings is 8. The Hall–Kier alpha value is -7.37.